The zero-order valence-corrected chi connectivity index (χ0v) is 9.16. The molecule has 2 atom stereocenters. The molecule has 1 rings (SSSR count). The highest BCUT2D eigenvalue weighted by Crippen LogP contribution is 2.28. The zero-order valence-electron chi connectivity index (χ0n) is 7.37. The lowest BCUT2D eigenvalue weighted by Gasteiger charge is -2.25. The molecule has 0 aromatic heterocycles. The topological polar surface area (TPSA) is 29.1 Å². The number of hydrogen-bond donors (Lipinski definition) is 3. The van der Waals surface area contributed by atoms with Crippen molar-refractivity contribution < 1.29 is 4.79 Å². The van der Waals surface area contributed by atoms with Crippen LogP contribution in [0.3, 0.4) is 0 Å². The Bertz CT molecular complexity index is 188. The van der Waals surface area contributed by atoms with E-state index in [9.17, 15) is 4.79 Å². The van der Waals surface area contributed by atoms with Crippen LogP contribution in [0.15, 0.2) is 0 Å². The summed E-state index contributed by atoms with van der Waals surface area (Å²) in [6.45, 7) is 4.03. The van der Waals surface area contributed by atoms with Gasteiger partial charge in [-0.25, -0.2) is 0 Å². The van der Waals surface area contributed by atoms with E-state index in [1.54, 1.807) is 0 Å². The molecule has 1 fully saturated rings. The van der Waals surface area contributed by atoms with Gasteiger partial charge in [-0.3, -0.25) is 4.79 Å². The molecule has 70 valence electrons. The third kappa shape index (κ3) is 2.10. The number of rotatable bonds is 2. The Morgan fingerprint density at radius 2 is 2.25 bits per heavy atom. The van der Waals surface area contributed by atoms with Gasteiger partial charge in [-0.2, -0.15) is 25.3 Å². The molecule has 1 heterocycles. The van der Waals surface area contributed by atoms with Crippen molar-refractivity contribution >= 4 is 31.2 Å². The molecule has 0 aromatic carbocycles. The third-order valence-corrected chi connectivity index (χ3v) is 3.03. The van der Waals surface area contributed by atoms with Crippen molar-refractivity contribution in [3.05, 3.63) is 0 Å². The van der Waals surface area contributed by atoms with Crippen molar-refractivity contribution in [1.82, 2.24) is 5.32 Å². The first-order chi connectivity index (χ1) is 5.45. The number of carbonyl (C=O) groups excluding carboxylic acids is 1. The molecule has 1 aliphatic rings. The van der Waals surface area contributed by atoms with E-state index in [1.807, 2.05) is 13.8 Å². The van der Waals surface area contributed by atoms with Gasteiger partial charge in [-0.05, 0) is 20.3 Å². The highest BCUT2D eigenvalue weighted by molar-refractivity contribution is 7.81. The lowest BCUT2D eigenvalue weighted by molar-refractivity contribution is -0.122. The lowest BCUT2D eigenvalue weighted by atomic mass is 9.98. The minimum absolute atomic E-state index is 0.0739. The number of hydrogen-bond acceptors (Lipinski definition) is 3. The molecule has 1 saturated heterocycles. The molecule has 1 N–H and O–H groups in total. The minimum atomic E-state index is -0.132. The van der Waals surface area contributed by atoms with Crippen molar-refractivity contribution in [2.75, 3.05) is 5.75 Å². The van der Waals surface area contributed by atoms with Crippen LogP contribution in [0.25, 0.3) is 0 Å². The van der Waals surface area contributed by atoms with Crippen molar-refractivity contribution in [3.63, 3.8) is 0 Å². The normalized spacial score (nSPS) is 30.5. The van der Waals surface area contributed by atoms with Gasteiger partial charge in [0.25, 0.3) is 0 Å². The largest absolute Gasteiger partial charge is 0.352 e. The second kappa shape index (κ2) is 3.50. The van der Waals surface area contributed by atoms with Crippen LogP contribution in [0.5, 0.6) is 0 Å². The SMILES string of the molecule is CC(C)(S)C1CC(CS)C(=O)N1. The van der Waals surface area contributed by atoms with Gasteiger partial charge in [-0.1, -0.05) is 0 Å². The maximum Gasteiger partial charge on any atom is 0.224 e. The Balaban J connectivity index is 2.60. The van der Waals surface area contributed by atoms with Crippen LogP contribution in [0.4, 0.5) is 0 Å². The zero-order chi connectivity index (χ0) is 9.35. The summed E-state index contributed by atoms with van der Waals surface area (Å²) in [6, 6.07) is 0.186. The van der Waals surface area contributed by atoms with Crippen LogP contribution in [0, 0.1) is 5.92 Å². The minimum Gasteiger partial charge on any atom is -0.352 e. The third-order valence-electron chi connectivity index (χ3n) is 2.28. The molecule has 0 spiro atoms. The lowest BCUT2D eigenvalue weighted by Crippen LogP contribution is -2.40. The van der Waals surface area contributed by atoms with Crippen molar-refractivity contribution in [2.24, 2.45) is 5.92 Å². The Morgan fingerprint density at radius 3 is 2.50 bits per heavy atom. The van der Waals surface area contributed by atoms with Gasteiger partial charge in [0.2, 0.25) is 5.91 Å². The van der Waals surface area contributed by atoms with Gasteiger partial charge in [0.15, 0.2) is 0 Å². The first-order valence-electron chi connectivity index (χ1n) is 4.08. The van der Waals surface area contributed by atoms with Crippen LogP contribution in [0.2, 0.25) is 0 Å². The van der Waals surface area contributed by atoms with Crippen molar-refractivity contribution in [1.29, 1.82) is 0 Å². The Kier molecular flexibility index (Phi) is 2.99. The van der Waals surface area contributed by atoms with Gasteiger partial charge in [-0.15, -0.1) is 0 Å². The van der Waals surface area contributed by atoms with Gasteiger partial charge < -0.3 is 5.32 Å². The van der Waals surface area contributed by atoms with Crippen LogP contribution in [0.1, 0.15) is 20.3 Å². The fourth-order valence-electron chi connectivity index (χ4n) is 1.36. The molecule has 2 nitrogen and oxygen atoms in total. The highest BCUT2D eigenvalue weighted by atomic mass is 32.1. The Labute approximate surface area is 84.3 Å². The smallest absolute Gasteiger partial charge is 0.224 e. The summed E-state index contributed by atoms with van der Waals surface area (Å²) in [7, 11) is 0. The van der Waals surface area contributed by atoms with Crippen molar-refractivity contribution in [3.8, 4) is 0 Å². The number of amides is 1. The average molecular weight is 205 g/mol. The standard InChI is InChI=1S/C8H15NOS2/c1-8(2,12)6-3-5(4-11)7(10)9-6/h5-6,11-12H,3-4H2,1-2H3,(H,9,10). The molecular weight excluding hydrogens is 190 g/mol. The van der Waals surface area contributed by atoms with Crippen LogP contribution < -0.4 is 5.32 Å². The molecule has 0 saturated carbocycles. The molecule has 12 heavy (non-hydrogen) atoms. The fraction of sp³-hybridized carbons (Fsp3) is 0.875. The summed E-state index contributed by atoms with van der Waals surface area (Å²) in [6.07, 6.45) is 0.860. The Hall–Kier alpha value is 0.170. The summed E-state index contributed by atoms with van der Waals surface area (Å²) >= 11 is 8.56. The van der Waals surface area contributed by atoms with E-state index in [4.69, 9.17) is 0 Å². The van der Waals surface area contributed by atoms with E-state index in [2.05, 4.69) is 30.6 Å². The first-order valence-corrected chi connectivity index (χ1v) is 5.16. The van der Waals surface area contributed by atoms with Crippen LogP contribution >= 0.6 is 25.3 Å². The second-order valence-electron chi connectivity index (χ2n) is 3.83. The van der Waals surface area contributed by atoms with E-state index < -0.39 is 0 Å². The molecule has 2 unspecified atom stereocenters. The highest BCUT2D eigenvalue weighted by Gasteiger charge is 2.37. The summed E-state index contributed by atoms with van der Waals surface area (Å²) in [5, 5.41) is 2.93. The predicted molar refractivity (Wildman–Crippen MR) is 57.0 cm³/mol. The molecular formula is C8H15NOS2. The average Bonchev–Trinajstić information content (AvgIpc) is 2.29. The molecule has 4 heteroatoms. The quantitative estimate of drug-likeness (QED) is 0.580. The number of thiol groups is 2. The molecule has 0 bridgehead atoms. The van der Waals surface area contributed by atoms with Crippen LogP contribution in [-0.2, 0) is 4.79 Å². The van der Waals surface area contributed by atoms with E-state index in [0.717, 1.165) is 6.42 Å². The van der Waals surface area contributed by atoms with Gasteiger partial charge in [0.1, 0.15) is 0 Å². The first kappa shape index (κ1) is 10.3. The van der Waals surface area contributed by atoms with E-state index in [0.29, 0.717) is 5.75 Å². The van der Waals surface area contributed by atoms with Gasteiger partial charge in [0.05, 0.1) is 0 Å². The Morgan fingerprint density at radius 1 is 1.67 bits per heavy atom. The summed E-state index contributed by atoms with van der Waals surface area (Å²) in [5.41, 5.74) is 0. The molecule has 1 aliphatic heterocycles. The van der Waals surface area contributed by atoms with E-state index in [1.165, 1.54) is 0 Å². The summed E-state index contributed by atoms with van der Waals surface area (Å²) < 4.78 is -0.132. The maximum absolute atomic E-state index is 11.3. The van der Waals surface area contributed by atoms with Gasteiger partial charge >= 0.3 is 0 Å². The summed E-state index contributed by atoms with van der Waals surface area (Å²) in [4.78, 5) is 11.3. The predicted octanol–water partition coefficient (Wildman–Crippen LogP) is 1.13. The number of nitrogens with one attached hydrogen (secondary N) is 1. The molecule has 0 aromatic rings. The summed E-state index contributed by atoms with van der Waals surface area (Å²) in [5.74, 6) is 0.827. The number of carbonyl (C=O) groups is 1. The molecule has 1 amide bonds. The molecule has 0 radical (unpaired) electrons. The maximum atomic E-state index is 11.3. The van der Waals surface area contributed by atoms with Gasteiger partial charge in [0, 0.05) is 22.5 Å². The monoisotopic (exact) mass is 205 g/mol. The molecule has 0 aliphatic carbocycles. The van der Waals surface area contributed by atoms with E-state index in [-0.39, 0.29) is 22.6 Å². The van der Waals surface area contributed by atoms with Crippen LogP contribution in [-0.4, -0.2) is 22.4 Å². The van der Waals surface area contributed by atoms with Crippen molar-refractivity contribution in [2.45, 2.75) is 31.1 Å². The van der Waals surface area contributed by atoms with E-state index >= 15 is 0 Å². The fourth-order valence-corrected chi connectivity index (χ4v) is 1.85. The second-order valence-corrected chi connectivity index (χ2v) is 5.35.